The molecule has 0 aliphatic heterocycles. The fourth-order valence-corrected chi connectivity index (χ4v) is 7.60. The summed E-state index contributed by atoms with van der Waals surface area (Å²) in [6, 6.07) is 29.5. The first-order valence-electron chi connectivity index (χ1n) is 15.7. The zero-order chi connectivity index (χ0) is 32.7. The second-order valence-corrected chi connectivity index (χ2v) is 14.2. The summed E-state index contributed by atoms with van der Waals surface area (Å²) in [4.78, 5) is 30.3. The van der Waals surface area contributed by atoms with Gasteiger partial charge >= 0.3 is 0 Å². The Hall–Kier alpha value is -4.14. The lowest BCUT2D eigenvalue weighted by Crippen LogP contribution is -2.54. The number of rotatable bonds is 12. The van der Waals surface area contributed by atoms with Crippen LogP contribution in [0.4, 0.5) is 5.69 Å². The SMILES string of the molecule is Cc1ccc(S(=O)(=O)N(CC(=O)N(Cc2ccccc2Cl)C(Cc2ccccc2)C(=O)NC2CCCC2)c2ccccc2C)cc1. The van der Waals surface area contributed by atoms with Gasteiger partial charge in [0, 0.05) is 24.0 Å². The van der Waals surface area contributed by atoms with Crippen LogP contribution < -0.4 is 9.62 Å². The third kappa shape index (κ3) is 7.98. The first kappa shape index (κ1) is 33.2. The molecule has 1 N–H and O–H groups in total. The van der Waals surface area contributed by atoms with E-state index in [9.17, 15) is 18.0 Å². The predicted octanol–water partition coefficient (Wildman–Crippen LogP) is 6.85. The fourth-order valence-electron chi connectivity index (χ4n) is 5.93. The number of amides is 2. The van der Waals surface area contributed by atoms with Gasteiger partial charge in [-0.25, -0.2) is 8.42 Å². The third-order valence-electron chi connectivity index (χ3n) is 8.54. The summed E-state index contributed by atoms with van der Waals surface area (Å²) in [6.45, 7) is 3.22. The number of hydrogen-bond acceptors (Lipinski definition) is 4. The molecule has 0 aromatic heterocycles. The van der Waals surface area contributed by atoms with Crippen LogP contribution in [0.5, 0.6) is 0 Å². The molecule has 1 aliphatic rings. The summed E-state index contributed by atoms with van der Waals surface area (Å²) in [7, 11) is -4.17. The molecule has 9 heteroatoms. The highest BCUT2D eigenvalue weighted by molar-refractivity contribution is 7.92. The first-order chi connectivity index (χ1) is 22.1. The maximum absolute atomic E-state index is 14.7. The molecule has 1 unspecified atom stereocenters. The Morgan fingerprint density at radius 2 is 1.48 bits per heavy atom. The summed E-state index contributed by atoms with van der Waals surface area (Å²) in [5, 5.41) is 3.65. The monoisotopic (exact) mass is 657 g/mol. The van der Waals surface area contributed by atoms with Crippen LogP contribution in [0.15, 0.2) is 108 Å². The highest BCUT2D eigenvalue weighted by Gasteiger charge is 2.36. The van der Waals surface area contributed by atoms with Crippen molar-refractivity contribution < 1.29 is 18.0 Å². The lowest BCUT2D eigenvalue weighted by molar-refractivity contribution is -0.140. The number of nitrogens with zero attached hydrogens (tertiary/aromatic N) is 2. The van der Waals surface area contributed by atoms with E-state index in [1.807, 2.05) is 68.4 Å². The van der Waals surface area contributed by atoms with Crippen molar-refractivity contribution in [2.45, 2.75) is 69.5 Å². The van der Waals surface area contributed by atoms with E-state index in [1.165, 1.54) is 4.90 Å². The zero-order valence-electron chi connectivity index (χ0n) is 26.2. The normalized spacial score (nSPS) is 14.1. The molecular weight excluding hydrogens is 618 g/mol. The lowest BCUT2D eigenvalue weighted by Gasteiger charge is -2.34. The number of para-hydroxylation sites is 1. The van der Waals surface area contributed by atoms with Crippen molar-refractivity contribution in [3.8, 4) is 0 Å². The van der Waals surface area contributed by atoms with Gasteiger partial charge in [0.15, 0.2) is 0 Å². The Labute approximate surface area is 277 Å². The second kappa shape index (κ2) is 15.0. The van der Waals surface area contributed by atoms with Gasteiger partial charge in [-0.3, -0.25) is 13.9 Å². The second-order valence-electron chi connectivity index (χ2n) is 11.9. The number of hydrogen-bond donors (Lipinski definition) is 1. The van der Waals surface area contributed by atoms with Crippen molar-refractivity contribution in [1.82, 2.24) is 10.2 Å². The number of aryl methyl sites for hydroxylation is 2. The average molecular weight is 658 g/mol. The van der Waals surface area contributed by atoms with Crippen LogP contribution in [-0.4, -0.2) is 43.8 Å². The molecule has 46 heavy (non-hydrogen) atoms. The molecule has 1 atom stereocenters. The summed E-state index contributed by atoms with van der Waals surface area (Å²) < 4.78 is 29.6. The molecule has 240 valence electrons. The quantitative estimate of drug-likeness (QED) is 0.181. The summed E-state index contributed by atoms with van der Waals surface area (Å²) in [5.41, 5.74) is 3.55. The van der Waals surface area contributed by atoms with Gasteiger partial charge in [0.05, 0.1) is 10.6 Å². The highest BCUT2D eigenvalue weighted by Crippen LogP contribution is 2.29. The summed E-state index contributed by atoms with van der Waals surface area (Å²) in [6.07, 6.45) is 4.11. The molecule has 1 fully saturated rings. The van der Waals surface area contributed by atoms with Gasteiger partial charge in [0.2, 0.25) is 11.8 Å². The van der Waals surface area contributed by atoms with Crippen LogP contribution >= 0.6 is 11.6 Å². The van der Waals surface area contributed by atoms with Gasteiger partial charge < -0.3 is 10.2 Å². The van der Waals surface area contributed by atoms with Crippen LogP contribution in [0.25, 0.3) is 0 Å². The number of benzene rings is 4. The Bertz CT molecular complexity index is 1760. The average Bonchev–Trinajstić information content (AvgIpc) is 3.56. The fraction of sp³-hybridized carbons (Fsp3) is 0.297. The Morgan fingerprint density at radius 1 is 0.848 bits per heavy atom. The molecule has 0 heterocycles. The molecular formula is C37H40ClN3O4S. The Balaban J connectivity index is 1.58. The van der Waals surface area contributed by atoms with Gasteiger partial charge in [0.25, 0.3) is 10.0 Å². The van der Waals surface area contributed by atoms with Crippen LogP contribution in [0, 0.1) is 13.8 Å². The highest BCUT2D eigenvalue weighted by atomic mass is 35.5. The minimum absolute atomic E-state index is 0.0281. The minimum Gasteiger partial charge on any atom is -0.352 e. The number of anilines is 1. The van der Waals surface area contributed by atoms with E-state index in [0.717, 1.165) is 41.1 Å². The van der Waals surface area contributed by atoms with Crippen molar-refractivity contribution in [3.05, 3.63) is 130 Å². The standard InChI is InChI=1S/C37H40ClN3O4S/c1-27-20-22-32(23-21-27)46(44,45)41(34-19-11-6-12-28(34)2)26-36(42)40(25-30-15-7-10-18-33(30)38)35(24-29-13-4-3-5-14-29)37(43)39-31-16-8-9-17-31/h3-7,10-15,18-23,31,35H,8-9,16-17,24-26H2,1-2H3,(H,39,43). The molecule has 0 bridgehead atoms. The molecule has 0 saturated heterocycles. The molecule has 2 amide bonds. The van der Waals surface area contributed by atoms with Gasteiger partial charge in [-0.05, 0) is 67.6 Å². The molecule has 1 saturated carbocycles. The molecule has 4 aromatic rings. The summed E-state index contributed by atoms with van der Waals surface area (Å²) >= 11 is 6.60. The Morgan fingerprint density at radius 3 is 2.15 bits per heavy atom. The van der Waals surface area contributed by atoms with E-state index in [1.54, 1.807) is 48.5 Å². The number of nitrogens with one attached hydrogen (secondary N) is 1. The number of sulfonamides is 1. The molecule has 7 nitrogen and oxygen atoms in total. The van der Waals surface area contributed by atoms with E-state index < -0.39 is 28.5 Å². The number of halogens is 1. The lowest BCUT2D eigenvalue weighted by atomic mass is 10.0. The largest absolute Gasteiger partial charge is 0.352 e. The van der Waals surface area contributed by atoms with Crippen LogP contribution in [0.3, 0.4) is 0 Å². The molecule has 0 radical (unpaired) electrons. The van der Waals surface area contributed by atoms with Crippen molar-refractivity contribution in [2.24, 2.45) is 0 Å². The molecule has 4 aromatic carbocycles. The van der Waals surface area contributed by atoms with E-state index in [-0.39, 0.29) is 29.8 Å². The first-order valence-corrected chi connectivity index (χ1v) is 17.5. The van der Waals surface area contributed by atoms with Crippen LogP contribution in [0.1, 0.15) is 47.9 Å². The Kier molecular flexibility index (Phi) is 10.8. The van der Waals surface area contributed by atoms with E-state index in [0.29, 0.717) is 21.8 Å². The molecule has 5 rings (SSSR count). The maximum atomic E-state index is 14.7. The smallest absolute Gasteiger partial charge is 0.264 e. The third-order valence-corrected chi connectivity index (χ3v) is 10.7. The van der Waals surface area contributed by atoms with Gasteiger partial charge in [-0.1, -0.05) is 109 Å². The van der Waals surface area contributed by atoms with Crippen LogP contribution in [0.2, 0.25) is 5.02 Å². The van der Waals surface area contributed by atoms with Crippen molar-refractivity contribution in [3.63, 3.8) is 0 Å². The minimum atomic E-state index is -4.17. The van der Waals surface area contributed by atoms with Gasteiger partial charge in [-0.2, -0.15) is 0 Å². The van der Waals surface area contributed by atoms with Gasteiger partial charge in [0.1, 0.15) is 12.6 Å². The maximum Gasteiger partial charge on any atom is 0.264 e. The zero-order valence-corrected chi connectivity index (χ0v) is 27.8. The van der Waals surface area contributed by atoms with Crippen molar-refractivity contribution in [2.75, 3.05) is 10.8 Å². The topological polar surface area (TPSA) is 86.8 Å². The predicted molar refractivity (Wildman–Crippen MR) is 183 cm³/mol. The van der Waals surface area contributed by atoms with E-state index in [2.05, 4.69) is 5.32 Å². The molecule has 0 spiro atoms. The van der Waals surface area contributed by atoms with Crippen molar-refractivity contribution >= 4 is 39.1 Å². The van der Waals surface area contributed by atoms with Crippen molar-refractivity contribution in [1.29, 1.82) is 0 Å². The van der Waals surface area contributed by atoms with Gasteiger partial charge in [-0.15, -0.1) is 0 Å². The van der Waals surface area contributed by atoms with E-state index in [4.69, 9.17) is 11.6 Å². The number of carbonyl (C=O) groups excluding carboxylic acids is 2. The van der Waals surface area contributed by atoms with E-state index >= 15 is 0 Å². The summed E-state index contributed by atoms with van der Waals surface area (Å²) in [5.74, 6) is -0.777. The van der Waals surface area contributed by atoms with Crippen LogP contribution in [-0.2, 0) is 32.6 Å². The number of carbonyl (C=O) groups is 2. The molecule has 1 aliphatic carbocycles.